The molecule has 0 saturated heterocycles. The first-order valence-corrected chi connectivity index (χ1v) is 46.2. The number of nitrogens with zero attached hydrogens (tertiary/aromatic N) is 4. The van der Waals surface area contributed by atoms with Gasteiger partial charge in [-0.1, -0.05) is 146 Å². The molecule has 139 heavy (non-hydrogen) atoms. The molecule has 4 heterocycles. The largest absolute Gasteiger partial charge is 0.493 e. The molecular weight excluding hydrogens is 1790 g/mol. The lowest BCUT2D eigenvalue weighted by atomic mass is 9.92. The van der Waals surface area contributed by atoms with Crippen molar-refractivity contribution in [2.45, 2.75) is 237 Å². The Morgan fingerprint density at radius 1 is 0.331 bits per heavy atom. The van der Waals surface area contributed by atoms with E-state index in [2.05, 4.69) is 21.3 Å². The first-order valence-electron chi connectivity index (χ1n) is 46.2. The number of aryl methyl sites for hydroxylation is 4. The maximum Gasteiger partial charge on any atom is 0.329 e. The van der Waals surface area contributed by atoms with Gasteiger partial charge in [0.1, 0.15) is 53.9 Å². The van der Waals surface area contributed by atoms with E-state index >= 15 is 0 Å². The summed E-state index contributed by atoms with van der Waals surface area (Å²) >= 11 is 0. The third kappa shape index (κ3) is 30.3. The molecule has 12 rings (SSSR count). The van der Waals surface area contributed by atoms with Crippen molar-refractivity contribution in [1.29, 1.82) is 0 Å². The Hall–Kier alpha value is -14.0. The van der Waals surface area contributed by atoms with Crippen molar-refractivity contribution >= 4 is 71.4 Å². The molecule has 4 unspecified atom stereocenters. The summed E-state index contributed by atoms with van der Waals surface area (Å²) in [5.74, 6) is -5.38. The summed E-state index contributed by atoms with van der Waals surface area (Å²) in [6, 6.07) is 46.3. The monoisotopic (exact) mass is 1920 g/mol. The average molecular weight is 1920 g/mol. The summed E-state index contributed by atoms with van der Waals surface area (Å²) in [6.07, 6.45) is 4.58. The number of carboxylic acid groups (broad SMARTS) is 5. The Morgan fingerprint density at radius 2 is 0.576 bits per heavy atom. The van der Waals surface area contributed by atoms with Crippen LogP contribution in [0.15, 0.2) is 182 Å². The van der Waals surface area contributed by atoms with Crippen molar-refractivity contribution in [1.82, 2.24) is 40.9 Å². The smallest absolute Gasteiger partial charge is 0.329 e. The van der Waals surface area contributed by atoms with Crippen LogP contribution >= 0.6 is 0 Å². The topological polar surface area (TPSA) is 450 Å². The minimum Gasteiger partial charge on any atom is -0.493 e. The van der Waals surface area contributed by atoms with Crippen LogP contribution in [0, 0.1) is 0 Å². The molecular formula is C105H130N8O26. The molecule has 34 heteroatoms. The van der Waals surface area contributed by atoms with Crippen LogP contribution in [0.5, 0.6) is 34.5 Å². The highest BCUT2D eigenvalue weighted by Crippen LogP contribution is 2.39. The average Bonchev–Trinajstić information content (AvgIpc) is 0.787. The maximum absolute atomic E-state index is 13.5. The van der Waals surface area contributed by atoms with E-state index in [0.717, 1.165) is 66.8 Å². The van der Waals surface area contributed by atoms with Gasteiger partial charge in [-0.25, -0.2) is 19.2 Å². The molecule has 0 fully saturated rings. The molecule has 746 valence electrons. The second-order valence-corrected chi connectivity index (χ2v) is 35.3. The zero-order valence-corrected chi connectivity index (χ0v) is 81.4. The van der Waals surface area contributed by atoms with Gasteiger partial charge in [0.25, 0.3) is 0 Å². The molecule has 8 aromatic carbocycles. The lowest BCUT2D eigenvalue weighted by molar-refractivity contribution is -0.166. The third-order valence-corrected chi connectivity index (χ3v) is 24.6. The van der Waals surface area contributed by atoms with Gasteiger partial charge in [-0.3, -0.25) is 59.6 Å². The van der Waals surface area contributed by atoms with Crippen LogP contribution in [0.2, 0.25) is 0 Å². The van der Waals surface area contributed by atoms with E-state index < -0.39 is 144 Å². The molecule has 0 bridgehead atoms. The van der Waals surface area contributed by atoms with Crippen molar-refractivity contribution in [3.63, 3.8) is 0 Å². The number of benzene rings is 8. The minimum absolute atomic E-state index is 0.0687. The highest BCUT2D eigenvalue weighted by molar-refractivity contribution is 5.92. The predicted molar refractivity (Wildman–Crippen MR) is 515 cm³/mol. The molecule has 0 radical (unpaired) electrons. The number of hydrogen-bond donors (Lipinski definition) is 9. The van der Waals surface area contributed by atoms with E-state index in [1.807, 2.05) is 146 Å². The van der Waals surface area contributed by atoms with E-state index in [4.69, 9.17) is 42.6 Å². The van der Waals surface area contributed by atoms with Crippen molar-refractivity contribution in [3.05, 3.63) is 249 Å². The zero-order valence-electron chi connectivity index (χ0n) is 81.4. The van der Waals surface area contributed by atoms with E-state index in [1.165, 1.54) is 69.4 Å². The Balaban J connectivity index is 0.000000207. The predicted octanol–water partition coefficient (Wildman–Crippen LogP) is 10.2. The fraction of sp³-hybridized carbons (Fsp3) is 0.429. The fourth-order valence-corrected chi connectivity index (χ4v) is 17.2. The van der Waals surface area contributed by atoms with Crippen molar-refractivity contribution in [2.75, 3.05) is 56.4 Å². The third-order valence-electron chi connectivity index (χ3n) is 24.6. The van der Waals surface area contributed by atoms with Crippen molar-refractivity contribution < 1.29 is 126 Å². The summed E-state index contributed by atoms with van der Waals surface area (Å²) < 4.78 is 47.8. The van der Waals surface area contributed by atoms with E-state index in [9.17, 15) is 83.1 Å². The lowest BCUT2D eigenvalue weighted by Gasteiger charge is -2.38. The second kappa shape index (κ2) is 52.0. The highest BCUT2D eigenvalue weighted by Gasteiger charge is 2.44. The molecule has 8 aromatic rings. The number of ether oxygens (including phenoxy) is 9. The summed E-state index contributed by atoms with van der Waals surface area (Å²) in [5, 5.41) is 61.0. The highest BCUT2D eigenvalue weighted by atomic mass is 16.6. The summed E-state index contributed by atoms with van der Waals surface area (Å²) in [6.45, 7) is 14.3. The van der Waals surface area contributed by atoms with Crippen molar-refractivity contribution in [3.8, 4) is 34.5 Å². The van der Waals surface area contributed by atoms with Crippen LogP contribution in [-0.4, -0.2) is 251 Å². The number of hydrogen-bond acceptors (Lipinski definition) is 25. The quantitative estimate of drug-likeness (QED) is 0.0128. The molecule has 9 N–H and O–H groups in total. The van der Waals surface area contributed by atoms with Crippen LogP contribution in [-0.2, 0) is 149 Å². The number of carboxylic acids is 5. The summed E-state index contributed by atoms with van der Waals surface area (Å²) in [7, 11) is 10.4. The fourth-order valence-electron chi connectivity index (χ4n) is 17.2. The van der Waals surface area contributed by atoms with E-state index in [-0.39, 0.29) is 58.0 Å². The SMILES string of the molecule is CCOC(=O)C(CCc1ccccc1)N[C@@H](C)C(=O)N1Cc2cc(OC)c(OC)cc2C[C@H]1C(=O)O.COC(=O)C(CCc1ccccc1)N[C@@H](C)C(=O)N1Cc2cc(OC)c(OC)cc2C[C@H]1C(=O)O.COc1cc2c(cc1OC)CN(C(=O)[C@H](C)NC(CCc1ccccc1)C(=O)O)[C@H](C(=O)O)C2.C[C@H](NC(CCc1ccccc1)C(=O)O)C(=O)N1Cc2ccccc2C[C@H]1C(=O)OC(C)(C)C. The summed E-state index contributed by atoms with van der Waals surface area (Å²) in [4.78, 5) is 157. The van der Waals surface area contributed by atoms with Gasteiger partial charge in [0.2, 0.25) is 23.6 Å². The van der Waals surface area contributed by atoms with Gasteiger partial charge in [0, 0.05) is 51.9 Å². The number of esters is 3. The number of nitrogens with one attached hydrogen (secondary N) is 4. The number of carbonyl (C=O) groups is 12. The Morgan fingerprint density at radius 3 is 0.842 bits per heavy atom. The minimum atomic E-state index is -1.13. The Kier molecular flexibility index (Phi) is 40.7. The number of methoxy groups -OCH3 is 7. The number of aliphatic carboxylic acids is 5. The van der Waals surface area contributed by atoms with Gasteiger partial charge < -0.3 is 87.8 Å². The number of fused-ring (bicyclic) bond motifs is 4. The van der Waals surface area contributed by atoms with Gasteiger partial charge in [0.15, 0.2) is 34.5 Å². The summed E-state index contributed by atoms with van der Waals surface area (Å²) in [5.41, 5.74) is 10.1. The van der Waals surface area contributed by atoms with Crippen LogP contribution < -0.4 is 49.7 Å². The van der Waals surface area contributed by atoms with Gasteiger partial charge in [0.05, 0.1) is 80.5 Å². The zero-order chi connectivity index (χ0) is 101. The number of carbonyl (C=O) groups excluding carboxylic acids is 7. The standard InChI is InChI=1S/C27H34N2O7.C27H34N2O5.C26H32N2O7.C25H30N2O7/c1-5-36-27(33)21(12-11-18-9-7-6-8-10-18)28-17(2)25(30)29-16-20-15-24(35-4)23(34-3)14-19(20)13-22(29)26(31)32;1-18(28-22(25(31)32)15-14-19-10-6-5-7-11-19)24(30)29-17-21-13-9-8-12-20(21)16-23(29)26(33)34-27(2,3)4;1-16(27-20(26(32)35-4)11-10-17-8-6-5-7-9-17)24(29)28-15-19-14-23(34-3)22(33-2)13-18(19)12-21(28)25(30)31;1-15(26-19(24(29)30)10-9-16-7-5-4-6-8-16)23(28)27-14-18-13-22(34-3)21(33-2)12-17(18)11-20(27)25(31)32/h6-10,14-15,17,21-22,28H,5,11-13,16H2,1-4H3,(H,31,32);5-13,18,22-23,28H,14-17H2,1-4H3,(H,31,32);5-9,13-14,16,20-21,27H,10-12,15H2,1-4H3,(H,30,31);4-8,12-13,15,19-20,26H,9-11,14H2,1-3H3,(H,29,30)(H,31,32)/t17-,21?,22-;18-,22?,23-;16-,20?,21-;15-,19?,20-/m0000/s1. The number of amides is 4. The Bertz CT molecular complexity index is 5530. The molecule has 0 spiro atoms. The first kappa shape index (κ1) is 109. The first-order chi connectivity index (χ1) is 66.4. The van der Waals surface area contributed by atoms with Crippen molar-refractivity contribution in [2.24, 2.45) is 0 Å². The molecule has 34 nitrogen and oxygen atoms in total. The molecule has 12 atom stereocenters. The van der Waals surface area contributed by atoms with Gasteiger partial charge in [-0.2, -0.15) is 0 Å². The molecule has 4 aliphatic rings. The van der Waals surface area contributed by atoms with Gasteiger partial charge in [-0.15, -0.1) is 0 Å². The van der Waals surface area contributed by atoms with Crippen LogP contribution in [0.25, 0.3) is 0 Å². The van der Waals surface area contributed by atoms with Gasteiger partial charge >= 0.3 is 47.8 Å². The van der Waals surface area contributed by atoms with Crippen LogP contribution in [0.1, 0.15) is 148 Å². The second-order valence-electron chi connectivity index (χ2n) is 35.3. The van der Waals surface area contributed by atoms with Gasteiger partial charge in [-0.05, 0) is 210 Å². The molecule has 4 amide bonds. The van der Waals surface area contributed by atoms with E-state index in [0.29, 0.717) is 92.3 Å². The lowest BCUT2D eigenvalue weighted by Crippen LogP contribution is -2.57. The molecule has 0 saturated carbocycles. The molecule has 4 aliphatic heterocycles. The van der Waals surface area contributed by atoms with Crippen LogP contribution in [0.4, 0.5) is 0 Å². The normalized spacial score (nSPS) is 16.8. The molecule has 0 aliphatic carbocycles. The Labute approximate surface area is 810 Å². The maximum atomic E-state index is 13.5. The molecule has 0 aromatic heterocycles. The number of rotatable bonds is 39. The van der Waals surface area contributed by atoms with E-state index in [1.54, 1.807) is 91.8 Å². The van der Waals surface area contributed by atoms with Crippen LogP contribution in [0.3, 0.4) is 0 Å².